The van der Waals surface area contributed by atoms with E-state index >= 15 is 0 Å². The lowest BCUT2D eigenvalue weighted by molar-refractivity contribution is -0.385. The standard InChI is InChI=1S/C18H22N4O3S/c1-12-5-4-8-21(9-12)10-14-11-26-18(19-14)20-17(23)15-7-3-6-13(2)16(15)22(24)25/h3,6-7,11-12H,4-5,8-10H2,1-2H3,(H,19,20,23). The molecule has 1 unspecified atom stereocenters. The van der Waals surface area contributed by atoms with Gasteiger partial charge in [-0.25, -0.2) is 4.98 Å². The van der Waals surface area contributed by atoms with Gasteiger partial charge in [0.1, 0.15) is 5.56 Å². The largest absolute Gasteiger partial charge is 0.298 e. The summed E-state index contributed by atoms with van der Waals surface area (Å²) in [6.07, 6.45) is 2.47. The molecular formula is C18H22N4O3S. The second-order valence-corrected chi connectivity index (χ2v) is 7.67. The Kier molecular flexibility index (Phi) is 5.63. The minimum absolute atomic E-state index is 0.0524. The van der Waals surface area contributed by atoms with Crippen LogP contribution < -0.4 is 5.32 Å². The molecule has 1 fully saturated rings. The van der Waals surface area contributed by atoms with E-state index in [0.717, 1.165) is 25.3 Å². The Morgan fingerprint density at radius 3 is 3.04 bits per heavy atom. The molecule has 1 atom stereocenters. The van der Waals surface area contributed by atoms with E-state index in [2.05, 4.69) is 22.1 Å². The molecule has 1 aromatic carbocycles. The van der Waals surface area contributed by atoms with Crippen LogP contribution in [-0.2, 0) is 6.54 Å². The van der Waals surface area contributed by atoms with Crippen LogP contribution in [0.25, 0.3) is 0 Å². The Balaban J connectivity index is 1.69. The van der Waals surface area contributed by atoms with Gasteiger partial charge in [0.25, 0.3) is 11.6 Å². The van der Waals surface area contributed by atoms with Crippen molar-refractivity contribution in [2.24, 2.45) is 5.92 Å². The van der Waals surface area contributed by atoms with E-state index < -0.39 is 10.8 Å². The van der Waals surface area contributed by atoms with Crippen molar-refractivity contribution in [2.75, 3.05) is 18.4 Å². The third-order valence-electron chi connectivity index (χ3n) is 4.56. The molecule has 0 saturated carbocycles. The molecule has 26 heavy (non-hydrogen) atoms. The molecule has 3 rings (SSSR count). The Morgan fingerprint density at radius 2 is 2.31 bits per heavy atom. The van der Waals surface area contributed by atoms with Crippen molar-refractivity contribution in [1.82, 2.24) is 9.88 Å². The maximum absolute atomic E-state index is 12.5. The van der Waals surface area contributed by atoms with Crippen molar-refractivity contribution in [3.05, 3.63) is 50.5 Å². The van der Waals surface area contributed by atoms with Crippen LogP contribution in [0.5, 0.6) is 0 Å². The first-order chi connectivity index (χ1) is 12.4. The summed E-state index contributed by atoms with van der Waals surface area (Å²) in [4.78, 5) is 30.1. The number of rotatable bonds is 5. The number of aromatic nitrogens is 1. The molecule has 1 N–H and O–H groups in total. The molecule has 1 aliphatic heterocycles. The highest BCUT2D eigenvalue weighted by Gasteiger charge is 2.23. The number of aryl methyl sites for hydroxylation is 1. The minimum atomic E-state index is -0.519. The lowest BCUT2D eigenvalue weighted by atomic mass is 10.0. The van der Waals surface area contributed by atoms with Crippen LogP contribution in [0.1, 0.15) is 41.4 Å². The number of carbonyl (C=O) groups excluding carboxylic acids is 1. The molecule has 1 aromatic heterocycles. The molecular weight excluding hydrogens is 352 g/mol. The number of hydrogen-bond donors (Lipinski definition) is 1. The van der Waals surface area contributed by atoms with Gasteiger partial charge < -0.3 is 0 Å². The van der Waals surface area contributed by atoms with E-state index in [1.54, 1.807) is 19.1 Å². The first-order valence-corrected chi connectivity index (χ1v) is 9.54. The highest BCUT2D eigenvalue weighted by molar-refractivity contribution is 7.14. The molecule has 7 nitrogen and oxygen atoms in total. The topological polar surface area (TPSA) is 88.4 Å². The number of piperidine rings is 1. The number of thiazole rings is 1. The summed E-state index contributed by atoms with van der Waals surface area (Å²) in [5, 5.41) is 16.3. The Labute approximate surface area is 156 Å². The minimum Gasteiger partial charge on any atom is -0.298 e. The first kappa shape index (κ1) is 18.5. The fraction of sp³-hybridized carbons (Fsp3) is 0.444. The van der Waals surface area contributed by atoms with Crippen molar-refractivity contribution in [1.29, 1.82) is 0 Å². The average Bonchev–Trinajstić information content (AvgIpc) is 3.01. The molecule has 1 aliphatic rings. The van der Waals surface area contributed by atoms with Crippen LogP contribution in [-0.4, -0.2) is 33.8 Å². The number of para-hydroxylation sites is 1. The van der Waals surface area contributed by atoms with E-state index in [1.807, 2.05) is 5.38 Å². The van der Waals surface area contributed by atoms with E-state index in [1.165, 1.54) is 30.2 Å². The Morgan fingerprint density at radius 1 is 1.50 bits per heavy atom. The third kappa shape index (κ3) is 4.25. The number of nitrogens with zero attached hydrogens (tertiary/aromatic N) is 3. The van der Waals surface area contributed by atoms with Gasteiger partial charge in [0.05, 0.1) is 10.6 Å². The van der Waals surface area contributed by atoms with E-state index in [0.29, 0.717) is 16.6 Å². The summed E-state index contributed by atoms with van der Waals surface area (Å²) in [6, 6.07) is 4.72. The summed E-state index contributed by atoms with van der Waals surface area (Å²) < 4.78 is 0. The lowest BCUT2D eigenvalue weighted by Crippen LogP contribution is -2.33. The molecule has 2 aromatic rings. The SMILES string of the molecule is Cc1cccc(C(=O)Nc2nc(CN3CCCC(C)C3)cs2)c1[N+](=O)[O-]. The molecule has 138 valence electrons. The highest BCUT2D eigenvalue weighted by Crippen LogP contribution is 2.25. The fourth-order valence-corrected chi connectivity index (χ4v) is 4.04. The summed E-state index contributed by atoms with van der Waals surface area (Å²) in [6.45, 7) is 6.78. The Bertz CT molecular complexity index is 821. The molecule has 0 bridgehead atoms. The maximum atomic E-state index is 12.5. The number of anilines is 1. The first-order valence-electron chi connectivity index (χ1n) is 8.66. The predicted octanol–water partition coefficient (Wildman–Crippen LogP) is 3.84. The molecule has 0 radical (unpaired) electrons. The Hall–Kier alpha value is -2.32. The number of likely N-dealkylation sites (tertiary alicyclic amines) is 1. The zero-order valence-electron chi connectivity index (χ0n) is 14.9. The van der Waals surface area contributed by atoms with Crippen molar-refractivity contribution in [3.8, 4) is 0 Å². The molecule has 2 heterocycles. The number of nitro groups is 1. The van der Waals surface area contributed by atoms with Gasteiger partial charge in [-0.2, -0.15) is 0 Å². The van der Waals surface area contributed by atoms with Gasteiger partial charge in [-0.3, -0.25) is 25.1 Å². The summed E-state index contributed by atoms with van der Waals surface area (Å²) in [5.41, 5.74) is 1.26. The molecule has 0 spiro atoms. The maximum Gasteiger partial charge on any atom is 0.285 e. The zero-order valence-corrected chi connectivity index (χ0v) is 15.7. The van der Waals surface area contributed by atoms with Crippen molar-refractivity contribution >= 4 is 28.1 Å². The number of nitro benzene ring substituents is 1. The van der Waals surface area contributed by atoms with Gasteiger partial charge in [0.15, 0.2) is 5.13 Å². The summed E-state index contributed by atoms with van der Waals surface area (Å²) >= 11 is 1.34. The van der Waals surface area contributed by atoms with Gasteiger partial charge in [-0.05, 0) is 38.3 Å². The van der Waals surface area contributed by atoms with Crippen molar-refractivity contribution in [2.45, 2.75) is 33.2 Å². The predicted molar refractivity (Wildman–Crippen MR) is 102 cm³/mol. The fourth-order valence-electron chi connectivity index (χ4n) is 3.35. The zero-order chi connectivity index (χ0) is 18.7. The molecule has 8 heteroatoms. The van der Waals surface area contributed by atoms with Crippen LogP contribution >= 0.6 is 11.3 Å². The van der Waals surface area contributed by atoms with Crippen LogP contribution in [0.3, 0.4) is 0 Å². The number of nitrogens with one attached hydrogen (secondary N) is 1. The second-order valence-electron chi connectivity index (χ2n) is 6.81. The van der Waals surface area contributed by atoms with Crippen LogP contribution in [0, 0.1) is 23.0 Å². The van der Waals surface area contributed by atoms with Crippen molar-refractivity contribution in [3.63, 3.8) is 0 Å². The van der Waals surface area contributed by atoms with Crippen LogP contribution in [0.15, 0.2) is 23.6 Å². The molecule has 1 amide bonds. The quantitative estimate of drug-likeness (QED) is 0.634. The molecule has 1 saturated heterocycles. The summed E-state index contributed by atoms with van der Waals surface area (Å²) in [7, 11) is 0. The van der Waals surface area contributed by atoms with E-state index in [-0.39, 0.29) is 11.3 Å². The number of carbonyl (C=O) groups is 1. The van der Waals surface area contributed by atoms with Crippen LogP contribution in [0.4, 0.5) is 10.8 Å². The second kappa shape index (κ2) is 7.92. The normalized spacial score (nSPS) is 17.8. The number of hydrogen-bond acceptors (Lipinski definition) is 6. The van der Waals surface area contributed by atoms with Gasteiger partial charge in [0, 0.05) is 24.0 Å². The number of amides is 1. The number of benzene rings is 1. The van der Waals surface area contributed by atoms with Gasteiger partial charge >= 0.3 is 0 Å². The van der Waals surface area contributed by atoms with Gasteiger partial charge in [-0.15, -0.1) is 11.3 Å². The van der Waals surface area contributed by atoms with Gasteiger partial charge in [0.2, 0.25) is 0 Å². The van der Waals surface area contributed by atoms with E-state index in [9.17, 15) is 14.9 Å². The van der Waals surface area contributed by atoms with Gasteiger partial charge in [-0.1, -0.05) is 19.1 Å². The van der Waals surface area contributed by atoms with Crippen molar-refractivity contribution < 1.29 is 9.72 Å². The summed E-state index contributed by atoms with van der Waals surface area (Å²) in [5.74, 6) is 0.191. The highest BCUT2D eigenvalue weighted by atomic mass is 32.1. The molecule has 0 aliphatic carbocycles. The van der Waals surface area contributed by atoms with E-state index in [4.69, 9.17) is 0 Å². The third-order valence-corrected chi connectivity index (χ3v) is 5.37. The van der Waals surface area contributed by atoms with Crippen LogP contribution in [0.2, 0.25) is 0 Å². The smallest absolute Gasteiger partial charge is 0.285 e. The average molecular weight is 374 g/mol. The lowest BCUT2D eigenvalue weighted by Gasteiger charge is -2.30. The monoisotopic (exact) mass is 374 g/mol.